The number of halogens is 1. The SMILES string of the molecule is COc1cc2occ(-c3ccc(Br)cc3)c2cc1/C(C)=C/C(=O)NC1=NCCS1. The maximum absolute atomic E-state index is 12.4. The van der Waals surface area contributed by atoms with E-state index in [0.717, 1.165) is 50.0 Å². The normalized spacial score (nSPS) is 14.2. The molecule has 2 heterocycles. The van der Waals surface area contributed by atoms with Gasteiger partial charge >= 0.3 is 0 Å². The quantitative estimate of drug-likeness (QED) is 0.511. The van der Waals surface area contributed by atoms with Gasteiger partial charge in [0, 0.05) is 38.9 Å². The molecule has 29 heavy (non-hydrogen) atoms. The molecule has 0 unspecified atom stereocenters. The van der Waals surface area contributed by atoms with Crippen molar-refractivity contribution in [3.63, 3.8) is 0 Å². The van der Waals surface area contributed by atoms with E-state index in [0.29, 0.717) is 10.9 Å². The number of ether oxygens (including phenoxy) is 1. The Morgan fingerprint density at radius 2 is 2.10 bits per heavy atom. The van der Waals surface area contributed by atoms with Crippen LogP contribution in [0.2, 0.25) is 0 Å². The molecule has 1 aliphatic heterocycles. The number of methoxy groups -OCH3 is 1. The number of nitrogens with one attached hydrogen (secondary N) is 1. The first-order chi connectivity index (χ1) is 14.0. The molecule has 1 amide bonds. The smallest absolute Gasteiger partial charge is 0.250 e. The van der Waals surface area contributed by atoms with Crippen LogP contribution in [0.15, 0.2) is 62.6 Å². The van der Waals surface area contributed by atoms with Gasteiger partial charge in [0.05, 0.1) is 19.9 Å². The van der Waals surface area contributed by atoms with Crippen molar-refractivity contribution in [2.24, 2.45) is 4.99 Å². The molecule has 0 atom stereocenters. The highest BCUT2D eigenvalue weighted by Gasteiger charge is 2.16. The zero-order valence-electron chi connectivity index (χ0n) is 16.0. The van der Waals surface area contributed by atoms with Crippen LogP contribution < -0.4 is 10.1 Å². The molecule has 4 rings (SSSR count). The topological polar surface area (TPSA) is 63.8 Å². The minimum atomic E-state index is -0.196. The third kappa shape index (κ3) is 4.26. The number of hydrogen-bond donors (Lipinski definition) is 1. The minimum Gasteiger partial charge on any atom is -0.496 e. The van der Waals surface area contributed by atoms with Gasteiger partial charge in [-0.15, -0.1) is 0 Å². The molecule has 148 valence electrons. The fraction of sp³-hybridized carbons (Fsp3) is 0.182. The lowest BCUT2D eigenvalue weighted by atomic mass is 9.99. The maximum Gasteiger partial charge on any atom is 0.250 e. The van der Waals surface area contributed by atoms with Crippen molar-refractivity contribution in [3.8, 4) is 16.9 Å². The highest BCUT2D eigenvalue weighted by Crippen LogP contribution is 2.37. The van der Waals surface area contributed by atoms with E-state index in [1.54, 1.807) is 31.2 Å². The Morgan fingerprint density at radius 1 is 1.31 bits per heavy atom. The first-order valence-electron chi connectivity index (χ1n) is 9.07. The molecule has 0 aliphatic carbocycles. The van der Waals surface area contributed by atoms with Crippen LogP contribution in [0.25, 0.3) is 27.7 Å². The predicted octanol–water partition coefficient (Wildman–Crippen LogP) is 5.49. The number of amidine groups is 1. The van der Waals surface area contributed by atoms with Gasteiger partial charge in [0.2, 0.25) is 5.91 Å². The summed E-state index contributed by atoms with van der Waals surface area (Å²) in [6, 6.07) is 11.9. The fourth-order valence-corrected chi connectivity index (χ4v) is 4.21. The van der Waals surface area contributed by atoms with Crippen LogP contribution in [0.1, 0.15) is 12.5 Å². The molecule has 1 N–H and O–H groups in total. The first-order valence-corrected chi connectivity index (χ1v) is 10.8. The Kier molecular flexibility index (Phi) is 5.78. The molecule has 0 fully saturated rings. The summed E-state index contributed by atoms with van der Waals surface area (Å²) in [7, 11) is 1.61. The molecular formula is C22H19BrN2O3S. The number of fused-ring (bicyclic) bond motifs is 1. The molecule has 3 aromatic rings. The zero-order chi connectivity index (χ0) is 20.4. The Bertz CT molecular complexity index is 1130. The second kappa shape index (κ2) is 8.47. The van der Waals surface area contributed by atoms with Crippen LogP contribution in [-0.2, 0) is 4.79 Å². The lowest BCUT2D eigenvalue weighted by Gasteiger charge is -2.10. The molecule has 2 aromatic carbocycles. The van der Waals surface area contributed by atoms with Gasteiger partial charge in [-0.2, -0.15) is 0 Å². The van der Waals surface area contributed by atoms with Gasteiger partial charge in [0.1, 0.15) is 11.3 Å². The maximum atomic E-state index is 12.4. The van der Waals surface area contributed by atoms with Crippen LogP contribution in [0, 0.1) is 0 Å². The van der Waals surface area contributed by atoms with Crippen LogP contribution in [0.3, 0.4) is 0 Å². The highest BCUT2D eigenvalue weighted by molar-refractivity contribution is 9.10. The van der Waals surface area contributed by atoms with E-state index in [1.807, 2.05) is 43.3 Å². The zero-order valence-corrected chi connectivity index (χ0v) is 18.4. The van der Waals surface area contributed by atoms with Gasteiger partial charge in [-0.25, -0.2) is 0 Å². The van der Waals surface area contributed by atoms with Gasteiger partial charge in [-0.1, -0.05) is 39.8 Å². The largest absolute Gasteiger partial charge is 0.496 e. The van der Waals surface area contributed by atoms with E-state index in [9.17, 15) is 4.79 Å². The van der Waals surface area contributed by atoms with Crippen LogP contribution >= 0.6 is 27.7 Å². The van der Waals surface area contributed by atoms with Crippen LogP contribution in [-0.4, -0.2) is 30.5 Å². The predicted molar refractivity (Wildman–Crippen MR) is 122 cm³/mol. The number of furan rings is 1. The van der Waals surface area contributed by atoms with Crippen molar-refractivity contribution in [3.05, 3.63) is 58.8 Å². The number of rotatable bonds is 4. The van der Waals surface area contributed by atoms with E-state index >= 15 is 0 Å². The van der Waals surface area contributed by atoms with Crippen LogP contribution in [0.5, 0.6) is 5.75 Å². The number of nitrogens with zero attached hydrogens (tertiary/aromatic N) is 1. The Hall–Kier alpha value is -2.51. The van der Waals surface area contributed by atoms with E-state index in [1.165, 1.54) is 0 Å². The number of amides is 1. The average Bonchev–Trinajstić information content (AvgIpc) is 3.36. The minimum absolute atomic E-state index is 0.196. The molecule has 1 aliphatic rings. The van der Waals surface area contributed by atoms with Crippen molar-refractivity contribution >= 4 is 55.3 Å². The van der Waals surface area contributed by atoms with Crippen molar-refractivity contribution in [2.45, 2.75) is 6.92 Å². The molecule has 0 radical (unpaired) electrons. The number of hydrogen-bond acceptors (Lipinski definition) is 5. The van der Waals surface area contributed by atoms with E-state index in [-0.39, 0.29) is 5.91 Å². The second-order valence-corrected chi connectivity index (χ2v) is 8.56. The first kappa shape index (κ1) is 19.8. The van der Waals surface area contributed by atoms with E-state index < -0.39 is 0 Å². The summed E-state index contributed by atoms with van der Waals surface area (Å²) < 4.78 is 12.3. The van der Waals surface area contributed by atoms with E-state index in [2.05, 4.69) is 26.2 Å². The van der Waals surface area contributed by atoms with Crippen molar-refractivity contribution in [1.29, 1.82) is 0 Å². The van der Waals surface area contributed by atoms with Crippen molar-refractivity contribution in [2.75, 3.05) is 19.4 Å². The fourth-order valence-electron chi connectivity index (χ4n) is 3.21. The molecule has 0 spiro atoms. The summed E-state index contributed by atoms with van der Waals surface area (Å²) in [5, 5.41) is 4.47. The second-order valence-electron chi connectivity index (χ2n) is 6.56. The third-order valence-corrected chi connectivity index (χ3v) is 6.06. The number of benzene rings is 2. The Balaban J connectivity index is 1.72. The van der Waals surface area contributed by atoms with Crippen molar-refractivity contribution < 1.29 is 13.9 Å². The van der Waals surface area contributed by atoms with Gasteiger partial charge < -0.3 is 14.5 Å². The molecule has 0 saturated heterocycles. The summed E-state index contributed by atoms with van der Waals surface area (Å²) in [6.07, 6.45) is 3.32. The molecular weight excluding hydrogens is 452 g/mol. The van der Waals surface area contributed by atoms with Gasteiger partial charge in [0.25, 0.3) is 0 Å². The Labute approximate surface area is 181 Å². The summed E-state index contributed by atoms with van der Waals surface area (Å²) in [6.45, 7) is 2.64. The third-order valence-electron chi connectivity index (χ3n) is 4.64. The number of carbonyl (C=O) groups excluding carboxylic acids is 1. The summed E-state index contributed by atoms with van der Waals surface area (Å²) in [4.78, 5) is 16.6. The highest BCUT2D eigenvalue weighted by atomic mass is 79.9. The van der Waals surface area contributed by atoms with Gasteiger partial charge in [-0.3, -0.25) is 9.79 Å². The molecule has 0 saturated carbocycles. The standard InChI is InChI=1S/C22H19BrN2O3S/c1-13(9-21(26)25-22-24-7-8-29-22)16-10-17-18(14-3-5-15(23)6-4-14)12-28-20(17)11-19(16)27-2/h3-6,9-12H,7-8H2,1-2H3,(H,24,25,26)/b13-9+. The number of aliphatic imine (C=N–C) groups is 1. The monoisotopic (exact) mass is 470 g/mol. The number of allylic oxidation sites excluding steroid dienone is 1. The number of thioether (sulfide) groups is 1. The molecule has 7 heteroatoms. The summed E-state index contributed by atoms with van der Waals surface area (Å²) in [5.41, 5.74) is 4.42. The van der Waals surface area contributed by atoms with E-state index in [4.69, 9.17) is 9.15 Å². The Morgan fingerprint density at radius 3 is 2.79 bits per heavy atom. The molecule has 5 nitrogen and oxygen atoms in total. The van der Waals surface area contributed by atoms with Crippen LogP contribution in [0.4, 0.5) is 0 Å². The van der Waals surface area contributed by atoms with Crippen molar-refractivity contribution in [1.82, 2.24) is 5.32 Å². The molecule has 0 bridgehead atoms. The van der Waals surface area contributed by atoms with Gasteiger partial charge in [-0.05, 0) is 36.3 Å². The average molecular weight is 471 g/mol. The summed E-state index contributed by atoms with van der Waals surface area (Å²) >= 11 is 5.02. The lowest BCUT2D eigenvalue weighted by Crippen LogP contribution is -2.25. The van der Waals surface area contributed by atoms with Gasteiger partial charge in [0.15, 0.2) is 5.17 Å². The molecule has 1 aromatic heterocycles. The lowest BCUT2D eigenvalue weighted by molar-refractivity contribution is -0.115. The number of carbonyl (C=O) groups is 1. The summed E-state index contributed by atoms with van der Waals surface area (Å²) in [5.74, 6) is 1.36.